The molecule has 0 radical (unpaired) electrons. The predicted molar refractivity (Wildman–Crippen MR) is 84.9 cm³/mol. The normalized spacial score (nSPS) is 18.7. The summed E-state index contributed by atoms with van der Waals surface area (Å²) >= 11 is 0. The van der Waals surface area contributed by atoms with Crippen molar-refractivity contribution in [1.82, 2.24) is 4.90 Å². The maximum absolute atomic E-state index is 13.9. The van der Waals surface area contributed by atoms with Crippen LogP contribution in [0.15, 0.2) is 36.4 Å². The molecule has 0 saturated carbocycles. The van der Waals surface area contributed by atoms with Gasteiger partial charge in [0, 0.05) is 37.3 Å². The number of carbonyl (C=O) groups is 1. The minimum Gasteiger partial charge on any atom is -0.307 e. The van der Waals surface area contributed by atoms with Crippen molar-refractivity contribution in [2.45, 2.75) is 19.5 Å². The molecule has 0 N–H and O–H groups in total. The molecule has 0 bridgehead atoms. The van der Waals surface area contributed by atoms with E-state index in [1.54, 1.807) is 11.8 Å². The number of hydrogen-bond acceptors (Lipinski definition) is 2. The number of hydrogen-bond donors (Lipinski definition) is 0. The summed E-state index contributed by atoms with van der Waals surface area (Å²) in [6.45, 7) is 2.34. The molecular formula is C18H16F4N2O. The lowest BCUT2D eigenvalue weighted by molar-refractivity contribution is -0.125. The molecule has 1 heterocycles. The number of nitrogens with zero attached hydrogens (tertiary/aromatic N) is 2. The first-order valence-corrected chi connectivity index (χ1v) is 7.81. The van der Waals surface area contributed by atoms with Crippen molar-refractivity contribution >= 4 is 11.6 Å². The Morgan fingerprint density at radius 1 is 0.960 bits per heavy atom. The topological polar surface area (TPSA) is 23.6 Å². The van der Waals surface area contributed by atoms with E-state index in [9.17, 15) is 22.4 Å². The monoisotopic (exact) mass is 352 g/mol. The second kappa shape index (κ2) is 6.84. The van der Waals surface area contributed by atoms with Gasteiger partial charge in [0.2, 0.25) is 5.91 Å². The fourth-order valence-corrected chi connectivity index (χ4v) is 2.94. The second-order valence-corrected chi connectivity index (χ2v) is 5.97. The largest absolute Gasteiger partial charge is 0.307 e. The van der Waals surface area contributed by atoms with Crippen LogP contribution in [0.25, 0.3) is 0 Å². The van der Waals surface area contributed by atoms with Gasteiger partial charge < -0.3 is 4.90 Å². The van der Waals surface area contributed by atoms with Crippen molar-refractivity contribution in [3.8, 4) is 0 Å². The fraction of sp³-hybridized carbons (Fsp3) is 0.278. The Morgan fingerprint density at radius 2 is 1.60 bits per heavy atom. The number of amides is 1. The molecule has 0 aliphatic carbocycles. The highest BCUT2D eigenvalue weighted by Gasteiger charge is 2.33. The van der Waals surface area contributed by atoms with E-state index in [4.69, 9.17) is 0 Å². The lowest BCUT2D eigenvalue weighted by atomic mass is 10.1. The molecular weight excluding hydrogens is 336 g/mol. The van der Waals surface area contributed by atoms with Crippen molar-refractivity contribution in [3.63, 3.8) is 0 Å². The Hall–Kier alpha value is -2.41. The SMILES string of the molecule is C[C@H]1C(=O)N(c2ccc(F)cc2F)CCN1Cc1ccc(F)cc1F. The highest BCUT2D eigenvalue weighted by molar-refractivity contribution is 5.97. The Balaban J connectivity index is 1.77. The molecule has 1 aliphatic heterocycles. The number of benzene rings is 2. The summed E-state index contributed by atoms with van der Waals surface area (Å²) in [4.78, 5) is 15.6. The van der Waals surface area contributed by atoms with Gasteiger partial charge in [-0.05, 0) is 25.1 Å². The molecule has 132 valence electrons. The Bertz CT molecular complexity index is 812. The van der Waals surface area contributed by atoms with Crippen molar-refractivity contribution in [1.29, 1.82) is 0 Å². The van der Waals surface area contributed by atoms with E-state index in [2.05, 4.69) is 0 Å². The van der Waals surface area contributed by atoms with Gasteiger partial charge in [-0.25, -0.2) is 17.6 Å². The van der Waals surface area contributed by atoms with Gasteiger partial charge in [-0.3, -0.25) is 9.69 Å². The van der Waals surface area contributed by atoms with Crippen LogP contribution in [0.3, 0.4) is 0 Å². The van der Waals surface area contributed by atoms with Crippen molar-refractivity contribution < 1.29 is 22.4 Å². The third-order valence-electron chi connectivity index (χ3n) is 4.37. The van der Waals surface area contributed by atoms with E-state index in [0.29, 0.717) is 6.54 Å². The van der Waals surface area contributed by atoms with E-state index in [1.807, 2.05) is 0 Å². The maximum Gasteiger partial charge on any atom is 0.244 e. The molecule has 2 aromatic rings. The second-order valence-electron chi connectivity index (χ2n) is 5.97. The summed E-state index contributed by atoms with van der Waals surface area (Å²) in [5.41, 5.74) is 0.299. The number of anilines is 1. The predicted octanol–water partition coefficient (Wildman–Crippen LogP) is 3.48. The van der Waals surface area contributed by atoms with Crippen LogP contribution in [0.4, 0.5) is 23.2 Å². The average Bonchev–Trinajstić information content (AvgIpc) is 2.55. The number of rotatable bonds is 3. The third kappa shape index (κ3) is 3.51. The number of piperazine rings is 1. The van der Waals surface area contributed by atoms with Gasteiger partial charge >= 0.3 is 0 Å². The van der Waals surface area contributed by atoms with Crippen LogP contribution in [0, 0.1) is 23.3 Å². The van der Waals surface area contributed by atoms with Gasteiger partial charge in [0.1, 0.15) is 23.3 Å². The van der Waals surface area contributed by atoms with E-state index in [1.165, 1.54) is 17.0 Å². The Labute approximate surface area is 142 Å². The van der Waals surface area contributed by atoms with Gasteiger partial charge in [0.15, 0.2) is 0 Å². The zero-order valence-corrected chi connectivity index (χ0v) is 13.5. The maximum atomic E-state index is 13.9. The summed E-state index contributed by atoms with van der Waals surface area (Å²) in [7, 11) is 0. The molecule has 2 aromatic carbocycles. The van der Waals surface area contributed by atoms with Gasteiger partial charge in [-0.2, -0.15) is 0 Å². The summed E-state index contributed by atoms with van der Waals surface area (Å²) in [6.07, 6.45) is 0. The molecule has 1 amide bonds. The average molecular weight is 352 g/mol. The first-order chi connectivity index (χ1) is 11.9. The van der Waals surface area contributed by atoms with E-state index < -0.39 is 29.3 Å². The minimum atomic E-state index is -0.807. The van der Waals surface area contributed by atoms with Crippen LogP contribution in [-0.4, -0.2) is 29.9 Å². The molecule has 0 spiro atoms. The van der Waals surface area contributed by atoms with Gasteiger partial charge in [-0.15, -0.1) is 0 Å². The Morgan fingerprint density at radius 3 is 2.24 bits per heavy atom. The quantitative estimate of drug-likeness (QED) is 0.790. The zero-order valence-electron chi connectivity index (χ0n) is 13.5. The fourth-order valence-electron chi connectivity index (χ4n) is 2.94. The lowest BCUT2D eigenvalue weighted by Crippen LogP contribution is -2.55. The lowest BCUT2D eigenvalue weighted by Gasteiger charge is -2.39. The van der Waals surface area contributed by atoms with Crippen LogP contribution in [-0.2, 0) is 11.3 Å². The molecule has 1 atom stereocenters. The van der Waals surface area contributed by atoms with Crippen molar-refractivity contribution in [2.75, 3.05) is 18.0 Å². The van der Waals surface area contributed by atoms with E-state index in [-0.39, 0.29) is 30.2 Å². The highest BCUT2D eigenvalue weighted by Crippen LogP contribution is 2.25. The van der Waals surface area contributed by atoms with Crippen molar-refractivity contribution in [2.24, 2.45) is 0 Å². The summed E-state index contributed by atoms with van der Waals surface area (Å²) in [5, 5.41) is 0. The van der Waals surface area contributed by atoms with E-state index >= 15 is 0 Å². The van der Waals surface area contributed by atoms with Gasteiger partial charge in [0.05, 0.1) is 11.7 Å². The highest BCUT2D eigenvalue weighted by atomic mass is 19.1. The molecule has 0 unspecified atom stereocenters. The molecule has 3 nitrogen and oxygen atoms in total. The summed E-state index contributed by atoms with van der Waals surface area (Å²) in [6, 6.07) is 5.73. The standard InChI is InChI=1S/C18H16F4N2O/c1-11-18(25)24(17-5-4-14(20)9-16(17)22)7-6-23(11)10-12-2-3-13(19)8-15(12)21/h2-5,8-9,11H,6-7,10H2,1H3/t11-/m0/s1. The number of carbonyl (C=O) groups excluding carboxylic acids is 1. The summed E-state index contributed by atoms with van der Waals surface area (Å²) < 4.78 is 53.8. The first-order valence-electron chi connectivity index (χ1n) is 7.81. The van der Waals surface area contributed by atoms with Crippen molar-refractivity contribution in [3.05, 3.63) is 65.2 Å². The van der Waals surface area contributed by atoms with Gasteiger partial charge in [-0.1, -0.05) is 6.07 Å². The first kappa shape index (κ1) is 17.4. The summed E-state index contributed by atoms with van der Waals surface area (Å²) in [5.74, 6) is -3.22. The zero-order chi connectivity index (χ0) is 18.1. The van der Waals surface area contributed by atoms with Crippen LogP contribution in [0.2, 0.25) is 0 Å². The molecule has 3 rings (SSSR count). The van der Waals surface area contributed by atoms with E-state index in [0.717, 1.165) is 24.3 Å². The van der Waals surface area contributed by atoms with Gasteiger partial charge in [0.25, 0.3) is 0 Å². The van der Waals surface area contributed by atoms with Crippen LogP contribution < -0.4 is 4.90 Å². The molecule has 7 heteroatoms. The molecule has 1 saturated heterocycles. The Kier molecular flexibility index (Phi) is 4.76. The van der Waals surface area contributed by atoms with Crippen LogP contribution in [0.1, 0.15) is 12.5 Å². The van der Waals surface area contributed by atoms with Crippen LogP contribution >= 0.6 is 0 Å². The minimum absolute atomic E-state index is 0.0193. The van der Waals surface area contributed by atoms with Crippen LogP contribution in [0.5, 0.6) is 0 Å². The molecule has 25 heavy (non-hydrogen) atoms. The molecule has 0 aromatic heterocycles. The molecule has 1 aliphatic rings. The number of halogens is 4. The third-order valence-corrected chi connectivity index (χ3v) is 4.37. The molecule has 1 fully saturated rings. The smallest absolute Gasteiger partial charge is 0.244 e.